The average Bonchev–Trinajstić information content (AvgIpc) is 2.90. The third-order valence-electron chi connectivity index (χ3n) is 3.55. The molecular formula is C15H20N2O. The second kappa shape index (κ2) is 5.83. The number of aliphatic hydroxyl groups excluding tert-OH is 1. The number of aromatic nitrogens is 2. The van der Waals surface area contributed by atoms with Crippen molar-refractivity contribution in [2.45, 2.75) is 32.8 Å². The topological polar surface area (TPSA) is 48.9 Å². The second-order valence-electron chi connectivity index (χ2n) is 4.59. The first-order valence-corrected chi connectivity index (χ1v) is 6.54. The maximum absolute atomic E-state index is 10.5. The summed E-state index contributed by atoms with van der Waals surface area (Å²) in [6.07, 6.45) is 3.23. The highest BCUT2D eigenvalue weighted by Crippen LogP contribution is 2.32. The first-order valence-electron chi connectivity index (χ1n) is 6.54. The molecule has 0 bridgehead atoms. The van der Waals surface area contributed by atoms with E-state index in [0.717, 1.165) is 29.7 Å². The van der Waals surface area contributed by atoms with Crippen molar-refractivity contribution in [3.63, 3.8) is 0 Å². The van der Waals surface area contributed by atoms with Gasteiger partial charge < -0.3 is 5.11 Å². The number of nitrogens with zero attached hydrogens (tertiary/aromatic N) is 1. The SMILES string of the molecule is CCC(CC)C(O)c1cn[nH]c1-c1ccccc1. The third kappa shape index (κ3) is 2.46. The Hall–Kier alpha value is -1.61. The third-order valence-corrected chi connectivity index (χ3v) is 3.55. The van der Waals surface area contributed by atoms with Crippen molar-refractivity contribution in [3.05, 3.63) is 42.1 Å². The first-order chi connectivity index (χ1) is 8.77. The van der Waals surface area contributed by atoms with Gasteiger partial charge in [0.15, 0.2) is 0 Å². The van der Waals surface area contributed by atoms with Gasteiger partial charge in [0.25, 0.3) is 0 Å². The van der Waals surface area contributed by atoms with Gasteiger partial charge in [-0.2, -0.15) is 5.10 Å². The van der Waals surface area contributed by atoms with E-state index in [9.17, 15) is 5.11 Å². The lowest BCUT2D eigenvalue weighted by molar-refractivity contribution is 0.104. The van der Waals surface area contributed by atoms with Gasteiger partial charge in [0, 0.05) is 5.56 Å². The molecule has 1 atom stereocenters. The number of hydrogen-bond donors (Lipinski definition) is 2. The van der Waals surface area contributed by atoms with Crippen molar-refractivity contribution >= 4 is 0 Å². The number of aromatic amines is 1. The van der Waals surface area contributed by atoms with Crippen LogP contribution in [0.2, 0.25) is 0 Å². The molecule has 0 aliphatic rings. The number of hydrogen-bond acceptors (Lipinski definition) is 2. The summed E-state index contributed by atoms with van der Waals surface area (Å²) in [6.45, 7) is 4.22. The van der Waals surface area contributed by atoms with Gasteiger partial charge in [0.1, 0.15) is 0 Å². The van der Waals surface area contributed by atoms with E-state index in [1.165, 1.54) is 0 Å². The molecule has 0 fully saturated rings. The van der Waals surface area contributed by atoms with E-state index in [2.05, 4.69) is 24.0 Å². The molecule has 0 aliphatic heterocycles. The lowest BCUT2D eigenvalue weighted by Crippen LogP contribution is -2.11. The summed E-state index contributed by atoms with van der Waals surface area (Å²) in [6, 6.07) is 10.0. The van der Waals surface area contributed by atoms with Crippen LogP contribution in [0.1, 0.15) is 38.4 Å². The van der Waals surface area contributed by atoms with E-state index in [4.69, 9.17) is 0 Å². The quantitative estimate of drug-likeness (QED) is 0.845. The molecule has 0 saturated heterocycles. The molecule has 0 radical (unpaired) electrons. The molecule has 0 spiro atoms. The van der Waals surface area contributed by atoms with E-state index in [0.29, 0.717) is 0 Å². The molecule has 1 unspecified atom stereocenters. The zero-order chi connectivity index (χ0) is 13.0. The molecule has 3 nitrogen and oxygen atoms in total. The van der Waals surface area contributed by atoms with Gasteiger partial charge in [-0.25, -0.2) is 0 Å². The minimum absolute atomic E-state index is 0.282. The Balaban J connectivity index is 2.33. The first kappa shape index (κ1) is 12.8. The van der Waals surface area contributed by atoms with Crippen LogP contribution in [0.5, 0.6) is 0 Å². The highest BCUT2D eigenvalue weighted by atomic mass is 16.3. The van der Waals surface area contributed by atoms with Crippen molar-refractivity contribution < 1.29 is 5.11 Å². The normalized spacial score (nSPS) is 12.9. The predicted octanol–water partition coefficient (Wildman–Crippen LogP) is 3.55. The van der Waals surface area contributed by atoms with Crippen molar-refractivity contribution in [2.24, 2.45) is 5.92 Å². The van der Waals surface area contributed by atoms with Gasteiger partial charge in [0.05, 0.1) is 18.0 Å². The maximum Gasteiger partial charge on any atom is 0.0854 e. The molecule has 1 aromatic carbocycles. The number of nitrogens with one attached hydrogen (secondary N) is 1. The van der Waals surface area contributed by atoms with Crippen molar-refractivity contribution in [3.8, 4) is 11.3 Å². The Morgan fingerprint density at radius 2 is 1.83 bits per heavy atom. The van der Waals surface area contributed by atoms with Crippen LogP contribution >= 0.6 is 0 Å². The fraction of sp³-hybridized carbons (Fsp3) is 0.400. The van der Waals surface area contributed by atoms with E-state index in [1.807, 2.05) is 30.3 Å². The molecule has 0 aliphatic carbocycles. The Morgan fingerprint density at radius 1 is 1.17 bits per heavy atom. The Bertz CT molecular complexity index is 474. The lowest BCUT2D eigenvalue weighted by atomic mass is 9.90. The van der Waals surface area contributed by atoms with Crippen molar-refractivity contribution in [1.29, 1.82) is 0 Å². The lowest BCUT2D eigenvalue weighted by Gasteiger charge is -2.20. The molecule has 18 heavy (non-hydrogen) atoms. The second-order valence-corrected chi connectivity index (χ2v) is 4.59. The van der Waals surface area contributed by atoms with Crippen molar-refractivity contribution in [1.82, 2.24) is 10.2 Å². The fourth-order valence-corrected chi connectivity index (χ4v) is 2.34. The van der Waals surface area contributed by atoms with Crippen LogP contribution in [0.15, 0.2) is 36.5 Å². The fourth-order valence-electron chi connectivity index (χ4n) is 2.34. The largest absolute Gasteiger partial charge is 0.388 e. The Labute approximate surface area is 108 Å². The summed E-state index contributed by atoms with van der Waals surface area (Å²) in [5, 5.41) is 17.5. The van der Waals surface area contributed by atoms with Crippen LogP contribution in [-0.2, 0) is 0 Å². The van der Waals surface area contributed by atoms with Gasteiger partial charge in [-0.1, -0.05) is 57.0 Å². The monoisotopic (exact) mass is 244 g/mol. The molecule has 3 heteroatoms. The molecule has 2 N–H and O–H groups in total. The molecular weight excluding hydrogens is 224 g/mol. The summed E-state index contributed by atoms with van der Waals surface area (Å²) in [5.41, 5.74) is 2.89. The van der Waals surface area contributed by atoms with Crippen LogP contribution in [0, 0.1) is 5.92 Å². The summed E-state index contributed by atoms with van der Waals surface area (Å²) < 4.78 is 0. The number of aliphatic hydroxyl groups is 1. The van der Waals surface area contributed by atoms with Crippen LogP contribution in [0.25, 0.3) is 11.3 Å². The van der Waals surface area contributed by atoms with Crippen molar-refractivity contribution in [2.75, 3.05) is 0 Å². The van der Waals surface area contributed by atoms with Gasteiger partial charge in [-0.15, -0.1) is 0 Å². The van der Waals surface area contributed by atoms with Crippen LogP contribution in [-0.4, -0.2) is 15.3 Å². The molecule has 0 saturated carbocycles. The average molecular weight is 244 g/mol. The van der Waals surface area contributed by atoms with Crippen LogP contribution < -0.4 is 0 Å². The van der Waals surface area contributed by atoms with E-state index < -0.39 is 6.10 Å². The molecule has 2 aromatic rings. The summed E-state index contributed by atoms with van der Waals surface area (Å²) in [4.78, 5) is 0. The summed E-state index contributed by atoms with van der Waals surface area (Å²) >= 11 is 0. The predicted molar refractivity (Wildman–Crippen MR) is 73.1 cm³/mol. The van der Waals surface area contributed by atoms with E-state index in [1.54, 1.807) is 6.20 Å². The molecule has 1 aromatic heterocycles. The van der Waals surface area contributed by atoms with Gasteiger partial charge in [-0.05, 0) is 11.5 Å². The van der Waals surface area contributed by atoms with Crippen LogP contribution in [0.4, 0.5) is 0 Å². The van der Waals surface area contributed by atoms with Gasteiger partial charge in [-0.3, -0.25) is 5.10 Å². The van der Waals surface area contributed by atoms with E-state index in [-0.39, 0.29) is 5.92 Å². The summed E-state index contributed by atoms with van der Waals surface area (Å²) in [7, 11) is 0. The highest BCUT2D eigenvalue weighted by Gasteiger charge is 2.22. The van der Waals surface area contributed by atoms with Gasteiger partial charge >= 0.3 is 0 Å². The molecule has 96 valence electrons. The highest BCUT2D eigenvalue weighted by molar-refractivity contribution is 5.62. The number of H-pyrrole nitrogens is 1. The Morgan fingerprint density at radius 3 is 2.44 bits per heavy atom. The zero-order valence-electron chi connectivity index (χ0n) is 10.9. The Kier molecular flexibility index (Phi) is 4.15. The zero-order valence-corrected chi connectivity index (χ0v) is 10.9. The van der Waals surface area contributed by atoms with Crippen LogP contribution in [0.3, 0.4) is 0 Å². The number of rotatable bonds is 5. The molecule has 2 rings (SSSR count). The van der Waals surface area contributed by atoms with Gasteiger partial charge in [0.2, 0.25) is 0 Å². The molecule has 1 heterocycles. The minimum Gasteiger partial charge on any atom is -0.388 e. The maximum atomic E-state index is 10.5. The minimum atomic E-state index is -0.450. The smallest absolute Gasteiger partial charge is 0.0854 e. The summed E-state index contributed by atoms with van der Waals surface area (Å²) in [5.74, 6) is 0.282. The molecule has 0 amide bonds. The van der Waals surface area contributed by atoms with E-state index >= 15 is 0 Å². The number of benzene rings is 1. The standard InChI is InChI=1S/C15H20N2O/c1-3-11(4-2)15(18)13-10-16-17-14(13)12-8-6-5-7-9-12/h5-11,15,18H,3-4H2,1-2H3,(H,16,17).